The van der Waals surface area contributed by atoms with Gasteiger partial charge in [-0.2, -0.15) is 0 Å². The van der Waals surface area contributed by atoms with Gasteiger partial charge in [0.25, 0.3) is 0 Å². The van der Waals surface area contributed by atoms with E-state index in [2.05, 4.69) is 10.3 Å². The number of fused-ring (bicyclic) bond motifs is 1. The Morgan fingerprint density at radius 1 is 1.46 bits per heavy atom. The van der Waals surface area contributed by atoms with Crippen LogP contribution in [0.5, 0.6) is 0 Å². The Kier molecular flexibility index (Phi) is 1.96. The molecule has 66 valence electrons. The predicted molar refractivity (Wildman–Crippen MR) is 48.0 cm³/mol. The first-order valence-electron chi connectivity index (χ1n) is 3.91. The van der Waals surface area contributed by atoms with E-state index < -0.39 is 0 Å². The van der Waals surface area contributed by atoms with Crippen molar-refractivity contribution >= 4 is 17.2 Å². The third kappa shape index (κ3) is 1.38. The molecule has 0 aliphatic rings. The van der Waals surface area contributed by atoms with Crippen molar-refractivity contribution in [3.05, 3.63) is 30.0 Å². The summed E-state index contributed by atoms with van der Waals surface area (Å²) >= 11 is 0. The summed E-state index contributed by atoms with van der Waals surface area (Å²) in [5, 5.41) is 16.0. The lowest BCUT2D eigenvalue weighted by Crippen LogP contribution is -1.85. The smallest absolute Gasteiger partial charge is 0.167 e. The maximum atomic E-state index is 8.25. The molecule has 0 atom stereocenters. The average molecular weight is 176 g/mol. The van der Waals surface area contributed by atoms with Crippen LogP contribution in [0.1, 0.15) is 5.69 Å². The molecule has 13 heavy (non-hydrogen) atoms. The first-order valence-corrected chi connectivity index (χ1v) is 3.91. The molecule has 1 aromatic carbocycles. The molecule has 1 heterocycles. The molecule has 0 saturated carbocycles. The number of hydrogen-bond donors (Lipinski definition) is 1. The number of benzene rings is 1. The van der Waals surface area contributed by atoms with Gasteiger partial charge in [-0.15, -0.1) is 5.16 Å². The number of oxime groups is 1. The standard InChI is InChI=1S/C9H8N2O2/c12-10-6-5-8-7-3-1-2-4-9(7)13-11-8/h1-4,6,12H,5H2. The molecule has 0 fully saturated rings. The van der Waals surface area contributed by atoms with Gasteiger partial charge < -0.3 is 9.73 Å². The molecule has 0 unspecified atom stereocenters. The summed E-state index contributed by atoms with van der Waals surface area (Å²) < 4.78 is 5.05. The van der Waals surface area contributed by atoms with Crippen molar-refractivity contribution in [1.82, 2.24) is 5.16 Å². The number of para-hydroxylation sites is 1. The molecule has 0 aliphatic heterocycles. The monoisotopic (exact) mass is 176 g/mol. The van der Waals surface area contributed by atoms with Crippen molar-refractivity contribution in [3.8, 4) is 0 Å². The fraction of sp³-hybridized carbons (Fsp3) is 0.111. The van der Waals surface area contributed by atoms with E-state index in [1.54, 1.807) is 0 Å². The second-order valence-electron chi connectivity index (χ2n) is 2.63. The fourth-order valence-corrected chi connectivity index (χ4v) is 1.21. The predicted octanol–water partition coefficient (Wildman–Crippen LogP) is 1.83. The van der Waals surface area contributed by atoms with Crippen molar-refractivity contribution in [2.75, 3.05) is 0 Å². The Bertz CT molecular complexity index is 434. The zero-order chi connectivity index (χ0) is 9.10. The van der Waals surface area contributed by atoms with Crippen molar-refractivity contribution in [2.45, 2.75) is 6.42 Å². The summed E-state index contributed by atoms with van der Waals surface area (Å²) in [6, 6.07) is 7.57. The highest BCUT2D eigenvalue weighted by Gasteiger charge is 2.04. The average Bonchev–Trinajstić information content (AvgIpc) is 2.58. The van der Waals surface area contributed by atoms with Gasteiger partial charge >= 0.3 is 0 Å². The molecule has 4 nitrogen and oxygen atoms in total. The highest BCUT2D eigenvalue weighted by Crippen LogP contribution is 2.17. The maximum Gasteiger partial charge on any atom is 0.167 e. The Labute approximate surface area is 74.5 Å². The molecule has 2 rings (SSSR count). The van der Waals surface area contributed by atoms with Crippen molar-refractivity contribution < 1.29 is 9.73 Å². The van der Waals surface area contributed by atoms with Crippen molar-refractivity contribution in [1.29, 1.82) is 0 Å². The van der Waals surface area contributed by atoms with Gasteiger partial charge in [-0.25, -0.2) is 0 Å². The van der Waals surface area contributed by atoms with Crippen LogP contribution < -0.4 is 0 Å². The van der Waals surface area contributed by atoms with Gasteiger partial charge in [0.2, 0.25) is 0 Å². The van der Waals surface area contributed by atoms with Crippen LogP contribution >= 0.6 is 0 Å². The Hall–Kier alpha value is -1.84. The normalized spacial score (nSPS) is 11.4. The van der Waals surface area contributed by atoms with Crippen LogP contribution in [-0.4, -0.2) is 16.6 Å². The van der Waals surface area contributed by atoms with E-state index in [0.29, 0.717) is 6.42 Å². The molecule has 0 radical (unpaired) electrons. The third-order valence-electron chi connectivity index (χ3n) is 1.82. The lowest BCUT2D eigenvalue weighted by molar-refractivity contribution is 0.320. The molecule has 0 amide bonds. The van der Waals surface area contributed by atoms with Crippen LogP contribution in [0.4, 0.5) is 0 Å². The second-order valence-corrected chi connectivity index (χ2v) is 2.63. The van der Waals surface area contributed by atoms with Crippen molar-refractivity contribution in [3.63, 3.8) is 0 Å². The van der Waals surface area contributed by atoms with Crippen LogP contribution in [0.2, 0.25) is 0 Å². The largest absolute Gasteiger partial charge is 0.411 e. The van der Waals surface area contributed by atoms with Gasteiger partial charge in [0.05, 0.1) is 5.69 Å². The van der Waals surface area contributed by atoms with E-state index in [4.69, 9.17) is 9.73 Å². The summed E-state index contributed by atoms with van der Waals surface area (Å²) in [5.74, 6) is 0. The zero-order valence-electron chi connectivity index (χ0n) is 6.84. The number of hydrogen-bond acceptors (Lipinski definition) is 4. The topological polar surface area (TPSA) is 58.6 Å². The number of aromatic nitrogens is 1. The van der Waals surface area contributed by atoms with Gasteiger partial charge in [0, 0.05) is 18.0 Å². The Morgan fingerprint density at radius 3 is 3.15 bits per heavy atom. The Balaban J connectivity index is 2.45. The van der Waals surface area contributed by atoms with Crippen LogP contribution in [0.3, 0.4) is 0 Å². The summed E-state index contributed by atoms with van der Waals surface area (Å²) in [5.41, 5.74) is 1.54. The number of nitrogens with zero attached hydrogens (tertiary/aromatic N) is 2. The lowest BCUT2D eigenvalue weighted by Gasteiger charge is -1.86. The highest BCUT2D eigenvalue weighted by molar-refractivity contribution is 5.81. The molecule has 0 aliphatic carbocycles. The summed E-state index contributed by atoms with van der Waals surface area (Å²) in [7, 11) is 0. The molecular formula is C9H8N2O2. The minimum Gasteiger partial charge on any atom is -0.411 e. The molecule has 2 aromatic rings. The summed E-state index contributed by atoms with van der Waals surface area (Å²) in [6.45, 7) is 0. The highest BCUT2D eigenvalue weighted by atomic mass is 16.5. The lowest BCUT2D eigenvalue weighted by atomic mass is 10.2. The van der Waals surface area contributed by atoms with E-state index >= 15 is 0 Å². The van der Waals surface area contributed by atoms with Crippen molar-refractivity contribution in [2.24, 2.45) is 5.16 Å². The molecule has 1 N–H and O–H groups in total. The minimum absolute atomic E-state index is 0.480. The van der Waals surface area contributed by atoms with E-state index in [1.807, 2.05) is 24.3 Å². The fourth-order valence-electron chi connectivity index (χ4n) is 1.21. The molecule has 0 bridgehead atoms. The molecule has 0 spiro atoms. The van der Waals surface area contributed by atoms with Crippen LogP contribution in [0, 0.1) is 0 Å². The van der Waals surface area contributed by atoms with Gasteiger partial charge in [-0.3, -0.25) is 0 Å². The molecule has 1 aromatic heterocycles. The first kappa shape index (κ1) is 7.79. The SMILES string of the molecule is ON=CCc1noc2ccccc12. The van der Waals surface area contributed by atoms with Gasteiger partial charge in [0.15, 0.2) is 5.58 Å². The first-order chi connectivity index (χ1) is 6.42. The summed E-state index contributed by atoms with van der Waals surface area (Å²) in [4.78, 5) is 0. The summed E-state index contributed by atoms with van der Waals surface area (Å²) in [6.07, 6.45) is 1.86. The Morgan fingerprint density at radius 2 is 2.31 bits per heavy atom. The molecule has 4 heteroatoms. The van der Waals surface area contributed by atoms with Gasteiger partial charge in [-0.1, -0.05) is 17.3 Å². The van der Waals surface area contributed by atoms with Gasteiger partial charge in [-0.05, 0) is 12.1 Å². The van der Waals surface area contributed by atoms with E-state index in [-0.39, 0.29) is 0 Å². The quantitative estimate of drug-likeness (QED) is 0.431. The molecular weight excluding hydrogens is 168 g/mol. The third-order valence-corrected chi connectivity index (χ3v) is 1.82. The molecule has 0 saturated heterocycles. The second kappa shape index (κ2) is 3.26. The van der Waals surface area contributed by atoms with E-state index in [9.17, 15) is 0 Å². The van der Waals surface area contributed by atoms with E-state index in [0.717, 1.165) is 16.7 Å². The van der Waals surface area contributed by atoms with Crippen LogP contribution in [-0.2, 0) is 6.42 Å². The van der Waals surface area contributed by atoms with Crippen LogP contribution in [0.25, 0.3) is 11.0 Å². The van der Waals surface area contributed by atoms with Gasteiger partial charge in [0.1, 0.15) is 0 Å². The van der Waals surface area contributed by atoms with E-state index in [1.165, 1.54) is 6.21 Å². The maximum absolute atomic E-state index is 8.25. The van der Waals surface area contributed by atoms with Crippen LogP contribution in [0.15, 0.2) is 33.9 Å². The number of rotatable bonds is 2. The minimum atomic E-state index is 0.480. The zero-order valence-corrected chi connectivity index (χ0v) is 6.84.